The molecule has 2 aromatic rings. The van der Waals surface area contributed by atoms with Crippen molar-refractivity contribution in [1.82, 2.24) is 0 Å². The summed E-state index contributed by atoms with van der Waals surface area (Å²) in [4.78, 5) is 35.5. The number of ether oxygens (including phenoxy) is 4. The van der Waals surface area contributed by atoms with Crippen molar-refractivity contribution in [3.05, 3.63) is 108 Å². The van der Waals surface area contributed by atoms with Gasteiger partial charge in [-0.05, 0) is 73.7 Å². The molecule has 198 valence electrons. The van der Waals surface area contributed by atoms with Gasteiger partial charge in [0.25, 0.3) is 0 Å². The standard InChI is InChI=1S/C31H32O7/c1-2-29(32)36-23-9-4-3-8-22-35-26-15-13-25(14-16-26)31(34)38-28-19-17-27(18-20-28)37-30(33)21-12-24-10-6-5-7-11-24/h2,5-7,10-17,19,21H,1,3-4,8-9,18,20,22-23H2/b21-12+. The van der Waals surface area contributed by atoms with E-state index in [1.165, 1.54) is 6.08 Å². The lowest BCUT2D eigenvalue weighted by molar-refractivity contribution is -0.138. The molecule has 0 aromatic heterocycles. The molecule has 38 heavy (non-hydrogen) atoms. The summed E-state index contributed by atoms with van der Waals surface area (Å²) >= 11 is 0. The van der Waals surface area contributed by atoms with E-state index < -0.39 is 17.9 Å². The number of allylic oxidation sites excluding steroid dienone is 4. The average Bonchev–Trinajstić information content (AvgIpc) is 2.95. The van der Waals surface area contributed by atoms with E-state index in [4.69, 9.17) is 18.9 Å². The van der Waals surface area contributed by atoms with E-state index in [0.29, 0.717) is 48.9 Å². The van der Waals surface area contributed by atoms with Crippen LogP contribution < -0.4 is 4.74 Å². The van der Waals surface area contributed by atoms with Crippen LogP contribution in [0.2, 0.25) is 0 Å². The fourth-order valence-electron chi connectivity index (χ4n) is 3.51. The molecule has 0 N–H and O–H groups in total. The highest BCUT2D eigenvalue weighted by molar-refractivity contribution is 5.90. The fourth-order valence-corrected chi connectivity index (χ4v) is 3.51. The summed E-state index contributed by atoms with van der Waals surface area (Å²) in [5.74, 6) is 0.392. The highest BCUT2D eigenvalue weighted by atomic mass is 16.5. The van der Waals surface area contributed by atoms with E-state index in [-0.39, 0.29) is 0 Å². The van der Waals surface area contributed by atoms with Gasteiger partial charge >= 0.3 is 17.9 Å². The van der Waals surface area contributed by atoms with Crippen LogP contribution in [0.25, 0.3) is 6.08 Å². The van der Waals surface area contributed by atoms with Crippen LogP contribution in [0.1, 0.15) is 54.4 Å². The summed E-state index contributed by atoms with van der Waals surface area (Å²) in [7, 11) is 0. The highest BCUT2D eigenvalue weighted by Gasteiger charge is 2.15. The number of hydrogen-bond donors (Lipinski definition) is 0. The van der Waals surface area contributed by atoms with Crippen molar-refractivity contribution in [2.24, 2.45) is 0 Å². The lowest BCUT2D eigenvalue weighted by Gasteiger charge is -2.14. The van der Waals surface area contributed by atoms with Crippen molar-refractivity contribution in [3.63, 3.8) is 0 Å². The molecule has 7 heteroatoms. The Morgan fingerprint density at radius 3 is 2.08 bits per heavy atom. The minimum Gasteiger partial charge on any atom is -0.494 e. The van der Waals surface area contributed by atoms with Crippen molar-refractivity contribution in [1.29, 1.82) is 0 Å². The van der Waals surface area contributed by atoms with Crippen LogP contribution in [0.15, 0.2) is 97.0 Å². The predicted octanol–water partition coefficient (Wildman–Crippen LogP) is 6.33. The Bertz CT molecular complexity index is 1170. The molecular weight excluding hydrogens is 484 g/mol. The van der Waals surface area contributed by atoms with E-state index in [1.54, 1.807) is 42.5 Å². The van der Waals surface area contributed by atoms with Crippen LogP contribution in [0.3, 0.4) is 0 Å². The molecule has 0 saturated heterocycles. The first-order valence-corrected chi connectivity index (χ1v) is 12.6. The summed E-state index contributed by atoms with van der Waals surface area (Å²) in [5, 5.41) is 0. The summed E-state index contributed by atoms with van der Waals surface area (Å²) in [6.45, 7) is 4.32. The number of carbonyl (C=O) groups excluding carboxylic acids is 3. The number of carbonyl (C=O) groups is 3. The van der Waals surface area contributed by atoms with Crippen molar-refractivity contribution in [2.75, 3.05) is 13.2 Å². The molecule has 0 spiro atoms. The van der Waals surface area contributed by atoms with Gasteiger partial charge in [-0.15, -0.1) is 0 Å². The molecule has 1 aliphatic rings. The van der Waals surface area contributed by atoms with Gasteiger partial charge in [-0.1, -0.05) is 36.9 Å². The topological polar surface area (TPSA) is 88.1 Å². The van der Waals surface area contributed by atoms with Crippen LogP contribution in [-0.2, 0) is 23.8 Å². The van der Waals surface area contributed by atoms with Gasteiger partial charge in [-0.3, -0.25) is 0 Å². The molecule has 0 unspecified atom stereocenters. The smallest absolute Gasteiger partial charge is 0.343 e. The molecule has 0 amide bonds. The Morgan fingerprint density at radius 1 is 0.763 bits per heavy atom. The Hall–Kier alpha value is -4.39. The lowest BCUT2D eigenvalue weighted by Crippen LogP contribution is -2.09. The number of benzene rings is 2. The molecule has 0 fully saturated rings. The van der Waals surface area contributed by atoms with Crippen LogP contribution in [0.4, 0.5) is 0 Å². The summed E-state index contributed by atoms with van der Waals surface area (Å²) in [6.07, 6.45) is 12.0. The minimum atomic E-state index is -0.459. The van der Waals surface area contributed by atoms with Crippen LogP contribution in [0, 0.1) is 0 Å². The number of unbranched alkanes of at least 4 members (excludes halogenated alkanes) is 3. The third-order valence-corrected chi connectivity index (χ3v) is 5.55. The molecule has 0 atom stereocenters. The SMILES string of the molecule is C=CC(=O)OCCCCCCOc1ccc(C(=O)OC2=CC=C(OC(=O)/C=C/c3ccccc3)CC2)cc1. The van der Waals surface area contributed by atoms with Gasteiger partial charge in [0.1, 0.15) is 17.3 Å². The first-order valence-electron chi connectivity index (χ1n) is 12.6. The lowest BCUT2D eigenvalue weighted by atomic mass is 10.1. The van der Waals surface area contributed by atoms with Gasteiger partial charge in [0, 0.05) is 25.0 Å². The van der Waals surface area contributed by atoms with E-state index in [9.17, 15) is 14.4 Å². The molecule has 0 radical (unpaired) electrons. The maximum atomic E-state index is 12.5. The van der Waals surface area contributed by atoms with Gasteiger partial charge in [0.05, 0.1) is 18.8 Å². The molecule has 0 bridgehead atoms. The largest absolute Gasteiger partial charge is 0.494 e. The normalized spacial score (nSPS) is 12.7. The zero-order valence-corrected chi connectivity index (χ0v) is 21.3. The molecule has 0 heterocycles. The van der Waals surface area contributed by atoms with Gasteiger partial charge in [0.15, 0.2) is 0 Å². The van der Waals surface area contributed by atoms with Crippen molar-refractivity contribution in [3.8, 4) is 5.75 Å². The molecular formula is C31H32O7. The third-order valence-electron chi connectivity index (χ3n) is 5.55. The van der Waals surface area contributed by atoms with Crippen LogP contribution >= 0.6 is 0 Å². The first-order chi connectivity index (χ1) is 18.5. The second kappa shape index (κ2) is 15.7. The fraction of sp³-hybridized carbons (Fsp3) is 0.258. The van der Waals surface area contributed by atoms with Gasteiger partial charge < -0.3 is 18.9 Å². The zero-order valence-electron chi connectivity index (χ0n) is 21.3. The quantitative estimate of drug-likeness (QED) is 0.125. The highest BCUT2D eigenvalue weighted by Crippen LogP contribution is 2.22. The van der Waals surface area contributed by atoms with Crippen LogP contribution in [0.5, 0.6) is 5.75 Å². The van der Waals surface area contributed by atoms with Crippen molar-refractivity contribution in [2.45, 2.75) is 38.5 Å². The molecule has 0 aliphatic heterocycles. The van der Waals surface area contributed by atoms with E-state index in [0.717, 1.165) is 37.3 Å². The second-order valence-corrected chi connectivity index (χ2v) is 8.48. The van der Waals surface area contributed by atoms with E-state index >= 15 is 0 Å². The molecule has 0 saturated carbocycles. The second-order valence-electron chi connectivity index (χ2n) is 8.48. The monoisotopic (exact) mass is 516 g/mol. The Labute approximate surface area is 223 Å². The zero-order chi connectivity index (χ0) is 27.0. The van der Waals surface area contributed by atoms with Crippen molar-refractivity contribution < 1.29 is 33.3 Å². The molecule has 3 rings (SSSR count). The van der Waals surface area contributed by atoms with E-state index in [1.807, 2.05) is 30.3 Å². The van der Waals surface area contributed by atoms with E-state index in [2.05, 4.69) is 6.58 Å². The number of rotatable bonds is 14. The number of esters is 3. The molecule has 7 nitrogen and oxygen atoms in total. The van der Waals surface area contributed by atoms with Crippen molar-refractivity contribution >= 4 is 24.0 Å². The third kappa shape index (κ3) is 10.3. The van der Waals surface area contributed by atoms with Gasteiger partial charge in [-0.2, -0.15) is 0 Å². The maximum absolute atomic E-state index is 12.5. The summed E-state index contributed by atoms with van der Waals surface area (Å²) < 4.78 is 21.5. The summed E-state index contributed by atoms with van der Waals surface area (Å²) in [5.41, 5.74) is 1.33. The minimum absolute atomic E-state index is 0.395. The van der Waals surface area contributed by atoms with Crippen LogP contribution in [-0.4, -0.2) is 31.1 Å². The molecule has 1 aliphatic carbocycles. The summed E-state index contributed by atoms with van der Waals surface area (Å²) in [6, 6.07) is 16.3. The molecule has 2 aromatic carbocycles. The Morgan fingerprint density at radius 2 is 1.42 bits per heavy atom. The van der Waals surface area contributed by atoms with Gasteiger partial charge in [0.2, 0.25) is 0 Å². The average molecular weight is 517 g/mol. The van der Waals surface area contributed by atoms with Gasteiger partial charge in [-0.25, -0.2) is 14.4 Å². The predicted molar refractivity (Wildman–Crippen MR) is 144 cm³/mol. The number of hydrogen-bond acceptors (Lipinski definition) is 7. The maximum Gasteiger partial charge on any atom is 0.343 e. The Balaban J connectivity index is 1.35. The Kier molecular flexibility index (Phi) is 11.6. The first kappa shape index (κ1) is 28.2.